The summed E-state index contributed by atoms with van der Waals surface area (Å²) < 4.78 is 0. The quantitative estimate of drug-likeness (QED) is 0.117. The minimum absolute atomic E-state index is 0.0658. The van der Waals surface area contributed by atoms with Crippen LogP contribution in [0.4, 0.5) is 0 Å². The summed E-state index contributed by atoms with van der Waals surface area (Å²) >= 11 is 1.54. The lowest BCUT2D eigenvalue weighted by molar-refractivity contribution is 0.104. The van der Waals surface area contributed by atoms with Gasteiger partial charge in [0.25, 0.3) is 0 Å². The molecule has 0 bridgehead atoms. The van der Waals surface area contributed by atoms with Crippen molar-refractivity contribution in [2.45, 2.75) is 117 Å². The third-order valence-electron chi connectivity index (χ3n) is 7.10. The molecule has 0 saturated heterocycles. The van der Waals surface area contributed by atoms with Crippen LogP contribution in [0.3, 0.4) is 0 Å². The second kappa shape index (κ2) is 17.2. The fourth-order valence-electron chi connectivity index (χ4n) is 4.87. The van der Waals surface area contributed by atoms with Crippen LogP contribution in [0, 0.1) is 6.07 Å². The highest BCUT2D eigenvalue weighted by molar-refractivity contribution is 7.12. The van der Waals surface area contributed by atoms with E-state index in [9.17, 15) is 4.79 Å². The predicted octanol–water partition coefficient (Wildman–Crippen LogP) is 9.82. The summed E-state index contributed by atoms with van der Waals surface area (Å²) in [6, 6.07) is 12.8. The summed E-state index contributed by atoms with van der Waals surface area (Å²) in [4.78, 5) is 23.9. The van der Waals surface area contributed by atoms with Crippen LogP contribution in [0.25, 0.3) is 11.4 Å². The third kappa shape index (κ3) is 9.81. The Kier molecular flexibility index (Phi) is 13.6. The van der Waals surface area contributed by atoms with E-state index in [0.29, 0.717) is 11.4 Å². The maximum absolute atomic E-state index is 13.6. The van der Waals surface area contributed by atoms with Crippen LogP contribution in [-0.2, 0) is 12.8 Å². The maximum Gasteiger partial charge on any atom is 0.203 e. The molecule has 0 unspecified atom stereocenters. The number of carbonyl (C=O) groups excluding carboxylic acids is 1. The van der Waals surface area contributed by atoms with E-state index in [1.54, 1.807) is 17.4 Å². The molecule has 2 aromatic heterocycles. The lowest BCUT2D eigenvalue weighted by atomic mass is 9.98. The molecule has 0 aliphatic rings. The minimum atomic E-state index is 0.0658. The van der Waals surface area contributed by atoms with Gasteiger partial charge >= 0.3 is 0 Å². The van der Waals surface area contributed by atoms with Gasteiger partial charge in [-0.15, -0.1) is 11.3 Å². The number of hydrogen-bond donors (Lipinski definition) is 0. The average molecular weight is 518 g/mol. The largest absolute Gasteiger partial charge is 0.288 e. The van der Waals surface area contributed by atoms with Crippen molar-refractivity contribution in [3.05, 3.63) is 69.7 Å². The number of unbranched alkanes of at least 4 members (excludes halogenated alkanes) is 12. The number of aromatic nitrogens is 2. The standard InChI is InChI=1S/C33H45N2OS/c1-3-5-7-9-10-11-12-13-14-16-20-28-23-25-34-33(35-28)30-22-18-17-21-29(30)31(36)32-27(24-26-37-32)19-15-8-6-4-2/h18,21-26H,3-16,19-20H2,1-2H3. The summed E-state index contributed by atoms with van der Waals surface area (Å²) in [7, 11) is 0. The van der Waals surface area contributed by atoms with Crippen LogP contribution < -0.4 is 0 Å². The van der Waals surface area contributed by atoms with E-state index in [1.165, 1.54) is 77.0 Å². The van der Waals surface area contributed by atoms with Gasteiger partial charge in [-0.25, -0.2) is 9.97 Å². The number of thiophene rings is 1. The Labute approximate surface area is 229 Å². The van der Waals surface area contributed by atoms with E-state index in [-0.39, 0.29) is 5.78 Å². The molecule has 1 aromatic carbocycles. The molecule has 0 saturated carbocycles. The van der Waals surface area contributed by atoms with Crippen molar-refractivity contribution in [3.8, 4) is 11.4 Å². The van der Waals surface area contributed by atoms with Crippen molar-refractivity contribution in [1.29, 1.82) is 0 Å². The van der Waals surface area contributed by atoms with Crippen molar-refractivity contribution in [3.63, 3.8) is 0 Å². The van der Waals surface area contributed by atoms with Crippen molar-refractivity contribution in [1.82, 2.24) is 9.97 Å². The smallest absolute Gasteiger partial charge is 0.203 e. The molecule has 1 radical (unpaired) electrons. The van der Waals surface area contributed by atoms with Crippen LogP contribution in [0.2, 0.25) is 0 Å². The minimum Gasteiger partial charge on any atom is -0.288 e. The Morgan fingerprint density at radius 1 is 0.811 bits per heavy atom. The SMILES string of the molecule is CCCCCCCCCCCCc1ccnc(-c2cc[c]cc2C(=O)c2sccc2CCCCCC)n1. The molecular formula is C33H45N2OS. The van der Waals surface area contributed by atoms with Crippen LogP contribution >= 0.6 is 11.3 Å². The molecule has 4 heteroatoms. The maximum atomic E-state index is 13.6. The Morgan fingerprint density at radius 3 is 2.19 bits per heavy atom. The highest BCUT2D eigenvalue weighted by Gasteiger charge is 2.20. The lowest BCUT2D eigenvalue weighted by Crippen LogP contribution is -2.06. The number of ketones is 1. The molecule has 0 amide bonds. The van der Waals surface area contributed by atoms with E-state index >= 15 is 0 Å². The van der Waals surface area contributed by atoms with E-state index < -0.39 is 0 Å². The van der Waals surface area contributed by atoms with E-state index in [0.717, 1.165) is 47.4 Å². The van der Waals surface area contributed by atoms with Gasteiger partial charge in [-0.3, -0.25) is 4.79 Å². The van der Waals surface area contributed by atoms with Gasteiger partial charge in [0.05, 0.1) is 4.88 Å². The lowest BCUT2D eigenvalue weighted by Gasteiger charge is -2.10. The van der Waals surface area contributed by atoms with E-state index in [1.807, 2.05) is 29.8 Å². The van der Waals surface area contributed by atoms with Crippen LogP contribution in [0.5, 0.6) is 0 Å². The molecule has 2 heterocycles. The van der Waals surface area contributed by atoms with Crippen LogP contribution in [0.15, 0.2) is 41.9 Å². The van der Waals surface area contributed by atoms with E-state index in [2.05, 4.69) is 31.0 Å². The van der Waals surface area contributed by atoms with Gasteiger partial charge in [-0.1, -0.05) is 97.0 Å². The Balaban J connectivity index is 1.56. The van der Waals surface area contributed by atoms with Crippen LogP contribution in [0.1, 0.15) is 130 Å². The summed E-state index contributed by atoms with van der Waals surface area (Å²) in [5.74, 6) is 0.707. The molecule has 199 valence electrons. The Morgan fingerprint density at radius 2 is 1.46 bits per heavy atom. The second-order valence-corrected chi connectivity index (χ2v) is 11.1. The Hall–Kier alpha value is -2.33. The monoisotopic (exact) mass is 517 g/mol. The summed E-state index contributed by atoms with van der Waals surface area (Å²) in [6.45, 7) is 4.50. The number of carbonyl (C=O) groups is 1. The summed E-state index contributed by atoms with van der Waals surface area (Å²) in [5, 5.41) is 2.04. The first-order valence-corrected chi connectivity index (χ1v) is 15.6. The number of nitrogens with zero attached hydrogens (tertiary/aromatic N) is 2. The fraction of sp³-hybridized carbons (Fsp3) is 0.545. The molecule has 0 atom stereocenters. The first-order valence-electron chi connectivity index (χ1n) is 14.7. The zero-order valence-corrected chi connectivity index (χ0v) is 23.9. The van der Waals surface area contributed by atoms with Crippen molar-refractivity contribution in [2.24, 2.45) is 0 Å². The fourth-order valence-corrected chi connectivity index (χ4v) is 5.78. The average Bonchev–Trinajstić information content (AvgIpc) is 3.40. The summed E-state index contributed by atoms with van der Waals surface area (Å²) in [5.41, 5.74) is 3.68. The zero-order chi connectivity index (χ0) is 26.1. The topological polar surface area (TPSA) is 42.9 Å². The van der Waals surface area contributed by atoms with Gasteiger partial charge in [-0.05, 0) is 67.0 Å². The molecule has 0 aliphatic heterocycles. The molecule has 0 aliphatic carbocycles. The molecule has 3 aromatic rings. The van der Waals surface area contributed by atoms with Crippen molar-refractivity contribution in [2.75, 3.05) is 0 Å². The van der Waals surface area contributed by atoms with Gasteiger partial charge in [0.15, 0.2) is 5.82 Å². The van der Waals surface area contributed by atoms with Crippen molar-refractivity contribution < 1.29 is 4.79 Å². The highest BCUT2D eigenvalue weighted by atomic mass is 32.1. The molecular weight excluding hydrogens is 472 g/mol. The molecule has 3 nitrogen and oxygen atoms in total. The van der Waals surface area contributed by atoms with Gasteiger partial charge in [0, 0.05) is 23.0 Å². The van der Waals surface area contributed by atoms with Gasteiger partial charge in [0.2, 0.25) is 5.78 Å². The van der Waals surface area contributed by atoms with Gasteiger partial charge in [-0.2, -0.15) is 0 Å². The second-order valence-electron chi connectivity index (χ2n) is 10.2. The number of aryl methyl sites for hydroxylation is 2. The molecule has 3 rings (SSSR count). The molecule has 0 N–H and O–H groups in total. The highest BCUT2D eigenvalue weighted by Crippen LogP contribution is 2.28. The van der Waals surface area contributed by atoms with Crippen molar-refractivity contribution >= 4 is 17.1 Å². The summed E-state index contributed by atoms with van der Waals surface area (Å²) in [6.07, 6.45) is 21.9. The molecule has 0 fully saturated rings. The third-order valence-corrected chi connectivity index (χ3v) is 8.06. The first kappa shape index (κ1) is 29.2. The normalized spacial score (nSPS) is 11.2. The first-order chi connectivity index (χ1) is 18.2. The number of rotatable bonds is 19. The zero-order valence-electron chi connectivity index (χ0n) is 23.1. The molecule has 0 spiro atoms. The predicted molar refractivity (Wildman–Crippen MR) is 157 cm³/mol. The number of benzene rings is 1. The molecule has 37 heavy (non-hydrogen) atoms. The van der Waals surface area contributed by atoms with Gasteiger partial charge in [0.1, 0.15) is 0 Å². The van der Waals surface area contributed by atoms with E-state index in [4.69, 9.17) is 4.98 Å². The van der Waals surface area contributed by atoms with Crippen LogP contribution in [-0.4, -0.2) is 15.8 Å². The number of hydrogen-bond acceptors (Lipinski definition) is 4. The van der Waals surface area contributed by atoms with Gasteiger partial charge < -0.3 is 0 Å². The Bertz CT molecular complexity index is 1060.